The molecule has 1 aliphatic rings. The molecule has 1 aliphatic heterocycles. The van der Waals surface area contributed by atoms with Gasteiger partial charge in [0.15, 0.2) is 5.82 Å². The van der Waals surface area contributed by atoms with Crippen molar-refractivity contribution in [2.24, 2.45) is 5.84 Å². The normalized spacial score (nSPS) is 18.2. The van der Waals surface area contributed by atoms with Crippen molar-refractivity contribution in [2.75, 3.05) is 12.0 Å². The van der Waals surface area contributed by atoms with Gasteiger partial charge in [-0.25, -0.2) is 15.8 Å². The second-order valence-corrected chi connectivity index (χ2v) is 4.80. The van der Waals surface area contributed by atoms with Gasteiger partial charge >= 0.3 is 0 Å². The summed E-state index contributed by atoms with van der Waals surface area (Å²) in [7, 11) is 0. The number of amides is 1. The molecule has 0 unspecified atom stereocenters. The van der Waals surface area contributed by atoms with Crippen LogP contribution < -0.4 is 11.3 Å². The minimum Gasteiger partial charge on any atom is -0.332 e. The van der Waals surface area contributed by atoms with Gasteiger partial charge in [0.2, 0.25) is 0 Å². The molecule has 2 rings (SSSR count). The molecule has 0 radical (unpaired) electrons. The first-order valence-corrected chi connectivity index (χ1v) is 5.65. The highest BCUT2D eigenvalue weighted by Crippen LogP contribution is 2.29. The predicted molar refractivity (Wildman–Crippen MR) is 64.2 cm³/mol. The van der Waals surface area contributed by atoms with Crippen molar-refractivity contribution in [3.05, 3.63) is 18.1 Å². The van der Waals surface area contributed by atoms with Crippen molar-refractivity contribution in [2.45, 2.75) is 32.2 Å². The highest BCUT2D eigenvalue weighted by molar-refractivity contribution is 5.92. The SMILES string of the molecule is CC1(C)CCCN1C(=O)c1cnc(NN)cn1. The molecular formula is C11H17N5O. The molecule has 92 valence electrons. The third-order valence-electron chi connectivity index (χ3n) is 3.16. The van der Waals surface area contributed by atoms with E-state index in [1.54, 1.807) is 0 Å². The summed E-state index contributed by atoms with van der Waals surface area (Å²) < 4.78 is 0. The van der Waals surface area contributed by atoms with Crippen molar-refractivity contribution in [3.63, 3.8) is 0 Å². The van der Waals surface area contributed by atoms with Gasteiger partial charge in [-0.3, -0.25) is 4.79 Å². The Balaban J connectivity index is 2.19. The third-order valence-corrected chi connectivity index (χ3v) is 3.16. The fourth-order valence-corrected chi connectivity index (χ4v) is 2.14. The van der Waals surface area contributed by atoms with E-state index in [2.05, 4.69) is 29.2 Å². The maximum atomic E-state index is 12.2. The van der Waals surface area contributed by atoms with E-state index in [1.807, 2.05) is 4.90 Å². The van der Waals surface area contributed by atoms with Crippen LogP contribution in [0.15, 0.2) is 12.4 Å². The van der Waals surface area contributed by atoms with E-state index in [0.717, 1.165) is 19.4 Å². The summed E-state index contributed by atoms with van der Waals surface area (Å²) in [6, 6.07) is 0. The van der Waals surface area contributed by atoms with Crippen LogP contribution >= 0.6 is 0 Å². The zero-order valence-corrected chi connectivity index (χ0v) is 10.1. The smallest absolute Gasteiger partial charge is 0.274 e. The number of anilines is 1. The molecule has 1 amide bonds. The number of likely N-dealkylation sites (tertiary alicyclic amines) is 1. The lowest BCUT2D eigenvalue weighted by molar-refractivity contribution is 0.0645. The molecule has 0 bridgehead atoms. The van der Waals surface area contributed by atoms with Gasteiger partial charge in [0.25, 0.3) is 5.91 Å². The number of nitrogen functional groups attached to an aromatic ring is 1. The number of aromatic nitrogens is 2. The fraction of sp³-hybridized carbons (Fsp3) is 0.545. The van der Waals surface area contributed by atoms with E-state index in [9.17, 15) is 4.79 Å². The highest BCUT2D eigenvalue weighted by atomic mass is 16.2. The van der Waals surface area contributed by atoms with Gasteiger partial charge < -0.3 is 10.3 Å². The molecule has 17 heavy (non-hydrogen) atoms. The first-order chi connectivity index (χ1) is 8.04. The average molecular weight is 235 g/mol. The summed E-state index contributed by atoms with van der Waals surface area (Å²) in [6.07, 6.45) is 4.96. The molecule has 1 aromatic heterocycles. The Labute approximate surface area is 100 Å². The molecule has 0 atom stereocenters. The topological polar surface area (TPSA) is 84.1 Å². The number of carbonyl (C=O) groups excluding carboxylic acids is 1. The van der Waals surface area contributed by atoms with E-state index in [-0.39, 0.29) is 11.4 Å². The Morgan fingerprint density at radius 1 is 1.47 bits per heavy atom. The van der Waals surface area contributed by atoms with Gasteiger partial charge in [-0.05, 0) is 26.7 Å². The summed E-state index contributed by atoms with van der Waals surface area (Å²) >= 11 is 0. The van der Waals surface area contributed by atoms with E-state index >= 15 is 0 Å². The molecule has 0 aliphatic carbocycles. The van der Waals surface area contributed by atoms with E-state index in [0.29, 0.717) is 11.5 Å². The van der Waals surface area contributed by atoms with Crippen LogP contribution in [0.5, 0.6) is 0 Å². The molecule has 0 spiro atoms. The van der Waals surface area contributed by atoms with Crippen LogP contribution in [-0.2, 0) is 0 Å². The van der Waals surface area contributed by atoms with Crippen LogP contribution in [0.25, 0.3) is 0 Å². The van der Waals surface area contributed by atoms with Crippen molar-refractivity contribution >= 4 is 11.7 Å². The lowest BCUT2D eigenvalue weighted by atomic mass is 10.0. The Morgan fingerprint density at radius 2 is 2.24 bits per heavy atom. The summed E-state index contributed by atoms with van der Waals surface area (Å²) in [6.45, 7) is 4.92. The number of hydrogen-bond acceptors (Lipinski definition) is 5. The molecule has 1 aromatic rings. The Kier molecular flexibility index (Phi) is 2.97. The van der Waals surface area contributed by atoms with E-state index < -0.39 is 0 Å². The molecule has 6 nitrogen and oxygen atoms in total. The van der Waals surface area contributed by atoms with Gasteiger partial charge in [-0.2, -0.15) is 0 Å². The summed E-state index contributed by atoms with van der Waals surface area (Å²) in [5.41, 5.74) is 2.65. The van der Waals surface area contributed by atoms with Gasteiger partial charge in [0.05, 0.1) is 12.4 Å². The quantitative estimate of drug-likeness (QED) is 0.584. The van der Waals surface area contributed by atoms with Gasteiger partial charge in [0, 0.05) is 12.1 Å². The first-order valence-electron chi connectivity index (χ1n) is 5.65. The Morgan fingerprint density at radius 3 is 2.71 bits per heavy atom. The van der Waals surface area contributed by atoms with Crippen LogP contribution in [0.2, 0.25) is 0 Å². The van der Waals surface area contributed by atoms with E-state index in [4.69, 9.17) is 5.84 Å². The molecule has 6 heteroatoms. The van der Waals surface area contributed by atoms with Crippen molar-refractivity contribution in [1.82, 2.24) is 14.9 Å². The Bertz CT molecular complexity index is 414. The number of nitrogens with one attached hydrogen (secondary N) is 1. The summed E-state index contributed by atoms with van der Waals surface area (Å²) in [4.78, 5) is 22.1. The van der Waals surface area contributed by atoms with Crippen LogP contribution in [0.3, 0.4) is 0 Å². The number of nitrogens with zero attached hydrogens (tertiary/aromatic N) is 3. The zero-order valence-electron chi connectivity index (χ0n) is 10.1. The highest BCUT2D eigenvalue weighted by Gasteiger charge is 2.36. The van der Waals surface area contributed by atoms with Gasteiger partial charge in [-0.15, -0.1) is 0 Å². The maximum Gasteiger partial charge on any atom is 0.274 e. The second kappa shape index (κ2) is 4.29. The van der Waals surface area contributed by atoms with Crippen molar-refractivity contribution in [1.29, 1.82) is 0 Å². The minimum atomic E-state index is -0.0937. The summed E-state index contributed by atoms with van der Waals surface area (Å²) in [5.74, 6) is 5.57. The molecule has 3 N–H and O–H groups in total. The summed E-state index contributed by atoms with van der Waals surface area (Å²) in [5, 5.41) is 0. The zero-order chi connectivity index (χ0) is 12.5. The van der Waals surface area contributed by atoms with Gasteiger partial charge in [-0.1, -0.05) is 0 Å². The second-order valence-electron chi connectivity index (χ2n) is 4.80. The molecule has 1 fully saturated rings. The molecule has 0 aromatic carbocycles. The third kappa shape index (κ3) is 2.21. The van der Waals surface area contributed by atoms with E-state index in [1.165, 1.54) is 12.4 Å². The van der Waals surface area contributed by atoms with Crippen molar-refractivity contribution in [3.8, 4) is 0 Å². The Hall–Kier alpha value is -1.69. The van der Waals surface area contributed by atoms with Crippen LogP contribution in [0.4, 0.5) is 5.82 Å². The predicted octanol–water partition coefficient (Wildman–Crippen LogP) is 0.777. The van der Waals surface area contributed by atoms with Crippen molar-refractivity contribution < 1.29 is 4.79 Å². The lowest BCUT2D eigenvalue weighted by Crippen LogP contribution is -2.43. The maximum absolute atomic E-state index is 12.2. The number of hydrogen-bond donors (Lipinski definition) is 2. The number of carbonyl (C=O) groups is 1. The number of nitrogens with two attached hydrogens (primary N) is 1. The number of rotatable bonds is 2. The standard InChI is InChI=1S/C11H17N5O/c1-11(2)4-3-5-16(11)10(17)8-6-14-9(15-12)7-13-8/h6-7H,3-5,12H2,1-2H3,(H,14,15). The van der Waals surface area contributed by atoms with Crippen LogP contribution in [-0.4, -0.2) is 32.9 Å². The molecule has 2 heterocycles. The monoisotopic (exact) mass is 235 g/mol. The minimum absolute atomic E-state index is 0.0661. The number of hydrazine groups is 1. The van der Waals surface area contributed by atoms with Gasteiger partial charge in [0.1, 0.15) is 5.69 Å². The molecule has 0 saturated carbocycles. The molecule has 1 saturated heterocycles. The van der Waals surface area contributed by atoms with Crippen LogP contribution in [0.1, 0.15) is 37.2 Å². The largest absolute Gasteiger partial charge is 0.332 e. The fourth-order valence-electron chi connectivity index (χ4n) is 2.14. The first kappa shape index (κ1) is 11.8. The lowest BCUT2D eigenvalue weighted by Gasteiger charge is -2.31. The molecular weight excluding hydrogens is 218 g/mol. The average Bonchev–Trinajstić information content (AvgIpc) is 2.68. The van der Waals surface area contributed by atoms with Crippen LogP contribution in [0, 0.1) is 0 Å².